The monoisotopic (exact) mass is 352 g/mol. The summed E-state index contributed by atoms with van der Waals surface area (Å²) in [6, 6.07) is 13.4. The molecule has 5 heteroatoms. The molecule has 4 nitrogen and oxygen atoms in total. The van der Waals surface area contributed by atoms with Gasteiger partial charge in [-0.1, -0.05) is 17.7 Å². The molecule has 0 fully saturated rings. The highest BCUT2D eigenvalue weighted by Crippen LogP contribution is 2.22. The number of hydrogen-bond donors (Lipinski definition) is 1. The van der Waals surface area contributed by atoms with Crippen LogP contribution in [0.3, 0.4) is 0 Å². The lowest BCUT2D eigenvalue weighted by Crippen LogP contribution is -2.14. The van der Waals surface area contributed by atoms with Crippen molar-refractivity contribution in [2.75, 3.05) is 11.9 Å². The number of carbonyl (C=O) groups excluding carboxylic acids is 1. The Bertz CT molecular complexity index is 911. The Morgan fingerprint density at radius 2 is 2.12 bits per heavy atom. The van der Waals surface area contributed by atoms with Crippen LogP contribution in [0.4, 0.5) is 5.69 Å². The fourth-order valence-electron chi connectivity index (χ4n) is 2.37. The van der Waals surface area contributed by atoms with Gasteiger partial charge in [-0.2, -0.15) is 0 Å². The fourth-order valence-corrected chi connectivity index (χ4v) is 3.09. The van der Waals surface area contributed by atoms with Crippen LogP contribution in [0.15, 0.2) is 59.6 Å². The molecule has 0 aliphatic heterocycles. The minimum absolute atomic E-state index is 0.0506. The molecular weight excluding hydrogens is 332 g/mol. The number of benzene rings is 2. The highest BCUT2D eigenvalue weighted by Gasteiger charge is 2.06. The minimum atomic E-state index is -0.0506. The molecule has 0 bridgehead atoms. The van der Waals surface area contributed by atoms with E-state index < -0.39 is 0 Å². The molecule has 0 spiro atoms. The molecule has 0 atom stereocenters. The first kappa shape index (κ1) is 17.2. The van der Waals surface area contributed by atoms with Crippen molar-refractivity contribution in [1.29, 1.82) is 0 Å². The maximum absolute atomic E-state index is 12.3. The molecule has 0 radical (unpaired) electrons. The number of rotatable bonds is 6. The molecule has 0 aliphatic carbocycles. The van der Waals surface area contributed by atoms with Crippen LogP contribution >= 0.6 is 11.3 Å². The molecule has 0 aliphatic rings. The lowest BCUT2D eigenvalue weighted by atomic mass is 10.1. The fraction of sp³-hybridized carbons (Fsp3) is 0.200. The average molecular weight is 352 g/mol. The Balaban J connectivity index is 1.61. The molecule has 1 heterocycles. The van der Waals surface area contributed by atoms with Crippen LogP contribution in [0.25, 0.3) is 10.2 Å². The first-order chi connectivity index (χ1) is 12.1. The summed E-state index contributed by atoms with van der Waals surface area (Å²) < 4.78 is 6.75. The summed E-state index contributed by atoms with van der Waals surface area (Å²) in [4.78, 5) is 16.5. The Hall–Kier alpha value is -2.66. The number of anilines is 1. The summed E-state index contributed by atoms with van der Waals surface area (Å²) in [6.07, 6.45) is 2.33. The number of nitrogens with zero attached hydrogens (tertiary/aromatic N) is 1. The zero-order valence-electron chi connectivity index (χ0n) is 14.3. The van der Waals surface area contributed by atoms with Crippen LogP contribution in [-0.2, 0) is 11.2 Å². The standard InChI is InChI=1S/C20H20N2O2S/c1-14(2)8-9-24-17-5-3-4-15(10-17)11-20(23)22-16-6-7-18-19(12-16)25-13-21-18/h3-8,10,12-13H,9,11H2,1-2H3,(H,22,23). The smallest absolute Gasteiger partial charge is 0.228 e. The molecular formula is C20H20N2O2S. The van der Waals surface area contributed by atoms with Gasteiger partial charge in [0.1, 0.15) is 12.4 Å². The number of ether oxygens (including phenoxy) is 1. The van der Waals surface area contributed by atoms with Crippen molar-refractivity contribution in [3.8, 4) is 5.75 Å². The van der Waals surface area contributed by atoms with Gasteiger partial charge < -0.3 is 10.1 Å². The van der Waals surface area contributed by atoms with Gasteiger partial charge in [-0.15, -0.1) is 11.3 Å². The molecule has 1 N–H and O–H groups in total. The molecule has 1 amide bonds. The normalized spacial score (nSPS) is 10.5. The molecule has 1 aromatic heterocycles. The number of carbonyl (C=O) groups is 1. The third-order valence-corrected chi connectivity index (χ3v) is 4.41. The summed E-state index contributed by atoms with van der Waals surface area (Å²) in [5.74, 6) is 0.721. The maximum Gasteiger partial charge on any atom is 0.228 e. The van der Waals surface area contributed by atoms with Gasteiger partial charge in [-0.05, 0) is 55.8 Å². The second-order valence-corrected chi connectivity index (χ2v) is 6.89. The van der Waals surface area contributed by atoms with Gasteiger partial charge in [0.15, 0.2) is 0 Å². The summed E-state index contributed by atoms with van der Waals surface area (Å²) in [6.45, 7) is 4.61. The molecule has 3 aromatic rings. The van der Waals surface area contributed by atoms with E-state index in [2.05, 4.69) is 10.3 Å². The van der Waals surface area contributed by atoms with E-state index in [4.69, 9.17) is 4.74 Å². The summed E-state index contributed by atoms with van der Waals surface area (Å²) in [5.41, 5.74) is 5.68. The quantitative estimate of drug-likeness (QED) is 0.647. The molecule has 0 saturated heterocycles. The van der Waals surface area contributed by atoms with E-state index in [1.807, 2.05) is 62.4 Å². The maximum atomic E-state index is 12.3. The molecule has 25 heavy (non-hydrogen) atoms. The Labute approximate surface area is 151 Å². The SMILES string of the molecule is CC(C)=CCOc1cccc(CC(=O)Nc2ccc3ncsc3c2)c1. The zero-order chi connectivity index (χ0) is 17.6. The van der Waals surface area contributed by atoms with Gasteiger partial charge in [0, 0.05) is 5.69 Å². The summed E-state index contributed by atoms with van der Waals surface area (Å²) in [5, 5.41) is 2.94. The highest BCUT2D eigenvalue weighted by atomic mass is 32.1. The van der Waals surface area contributed by atoms with Crippen molar-refractivity contribution >= 4 is 33.1 Å². The average Bonchev–Trinajstić information content (AvgIpc) is 3.02. The van der Waals surface area contributed by atoms with Crippen molar-refractivity contribution in [3.05, 3.63) is 65.2 Å². The van der Waals surface area contributed by atoms with Gasteiger partial charge in [0.05, 0.1) is 22.1 Å². The minimum Gasteiger partial charge on any atom is -0.490 e. The first-order valence-electron chi connectivity index (χ1n) is 8.08. The number of thiazole rings is 1. The van der Waals surface area contributed by atoms with Gasteiger partial charge in [-0.3, -0.25) is 4.79 Å². The van der Waals surface area contributed by atoms with Crippen molar-refractivity contribution in [2.24, 2.45) is 0 Å². The van der Waals surface area contributed by atoms with E-state index in [9.17, 15) is 4.79 Å². The molecule has 2 aromatic carbocycles. The second-order valence-electron chi connectivity index (χ2n) is 6.00. The van der Waals surface area contributed by atoms with E-state index in [0.717, 1.165) is 27.2 Å². The predicted molar refractivity (Wildman–Crippen MR) is 103 cm³/mol. The van der Waals surface area contributed by atoms with E-state index in [-0.39, 0.29) is 5.91 Å². The van der Waals surface area contributed by atoms with Gasteiger partial charge in [0.25, 0.3) is 0 Å². The van der Waals surface area contributed by atoms with Crippen LogP contribution in [0.5, 0.6) is 5.75 Å². The second kappa shape index (κ2) is 7.94. The van der Waals surface area contributed by atoms with Crippen LogP contribution in [-0.4, -0.2) is 17.5 Å². The third-order valence-electron chi connectivity index (χ3n) is 3.62. The van der Waals surface area contributed by atoms with Crippen molar-refractivity contribution in [1.82, 2.24) is 4.98 Å². The lowest BCUT2D eigenvalue weighted by molar-refractivity contribution is -0.115. The highest BCUT2D eigenvalue weighted by molar-refractivity contribution is 7.16. The molecule has 3 rings (SSSR count). The van der Waals surface area contributed by atoms with E-state index in [1.165, 1.54) is 5.57 Å². The van der Waals surface area contributed by atoms with Crippen LogP contribution in [0, 0.1) is 0 Å². The predicted octanol–water partition coefficient (Wildman–Crippen LogP) is 4.82. The van der Waals surface area contributed by atoms with E-state index in [1.54, 1.807) is 16.8 Å². The third kappa shape index (κ3) is 4.90. The van der Waals surface area contributed by atoms with Crippen molar-refractivity contribution in [2.45, 2.75) is 20.3 Å². The first-order valence-corrected chi connectivity index (χ1v) is 8.96. The van der Waals surface area contributed by atoms with Crippen molar-refractivity contribution in [3.63, 3.8) is 0 Å². The largest absolute Gasteiger partial charge is 0.490 e. The summed E-state index contributed by atoms with van der Waals surface area (Å²) >= 11 is 1.56. The molecule has 0 unspecified atom stereocenters. The number of hydrogen-bond acceptors (Lipinski definition) is 4. The molecule has 128 valence electrons. The van der Waals surface area contributed by atoms with E-state index >= 15 is 0 Å². The van der Waals surface area contributed by atoms with Gasteiger partial charge in [-0.25, -0.2) is 4.98 Å². The lowest BCUT2D eigenvalue weighted by Gasteiger charge is -2.08. The zero-order valence-corrected chi connectivity index (χ0v) is 15.1. The van der Waals surface area contributed by atoms with Gasteiger partial charge in [0.2, 0.25) is 5.91 Å². The number of allylic oxidation sites excluding steroid dienone is 1. The van der Waals surface area contributed by atoms with Gasteiger partial charge >= 0.3 is 0 Å². The Kier molecular flexibility index (Phi) is 5.46. The number of nitrogens with one attached hydrogen (secondary N) is 1. The topological polar surface area (TPSA) is 51.2 Å². The number of amides is 1. The molecule has 0 saturated carbocycles. The van der Waals surface area contributed by atoms with E-state index in [0.29, 0.717) is 13.0 Å². The van der Waals surface area contributed by atoms with Crippen LogP contribution in [0.2, 0.25) is 0 Å². The van der Waals surface area contributed by atoms with Crippen LogP contribution in [0.1, 0.15) is 19.4 Å². The number of aromatic nitrogens is 1. The Morgan fingerprint density at radius 3 is 2.96 bits per heavy atom. The van der Waals surface area contributed by atoms with Crippen molar-refractivity contribution < 1.29 is 9.53 Å². The Morgan fingerprint density at radius 1 is 1.24 bits per heavy atom. The number of fused-ring (bicyclic) bond motifs is 1. The van der Waals surface area contributed by atoms with Crippen LogP contribution < -0.4 is 10.1 Å². The summed E-state index contributed by atoms with van der Waals surface area (Å²) in [7, 11) is 0.